The van der Waals surface area contributed by atoms with E-state index in [0.29, 0.717) is 0 Å². The van der Waals surface area contributed by atoms with Crippen LogP contribution in [0.2, 0.25) is 0 Å². The molecule has 0 N–H and O–H groups in total. The summed E-state index contributed by atoms with van der Waals surface area (Å²) in [5.74, 6) is 1.84. The van der Waals surface area contributed by atoms with Crippen LogP contribution in [0, 0.1) is 6.92 Å². The molecule has 16 heavy (non-hydrogen) atoms. The number of benzene rings is 1. The van der Waals surface area contributed by atoms with Crippen LogP contribution in [0.1, 0.15) is 5.82 Å². The normalized spacial score (nSPS) is 11.1. The van der Waals surface area contributed by atoms with Gasteiger partial charge in [-0.05, 0) is 19.1 Å². The molecule has 2 aromatic heterocycles. The molecule has 3 aromatic rings. The van der Waals surface area contributed by atoms with Gasteiger partial charge in [-0.2, -0.15) is 0 Å². The van der Waals surface area contributed by atoms with Gasteiger partial charge < -0.3 is 4.57 Å². The SMILES string of the molecule is Cc1nccn1-c1nc2ccccc2n1C. The van der Waals surface area contributed by atoms with Crippen molar-refractivity contribution in [1.29, 1.82) is 0 Å². The highest BCUT2D eigenvalue weighted by atomic mass is 15.2. The molecule has 0 saturated carbocycles. The number of aryl methyl sites for hydroxylation is 2. The largest absolute Gasteiger partial charge is 0.313 e. The first kappa shape index (κ1) is 9.15. The first-order chi connectivity index (χ1) is 7.77. The zero-order valence-corrected chi connectivity index (χ0v) is 9.25. The molecule has 4 heteroatoms. The summed E-state index contributed by atoms with van der Waals surface area (Å²) >= 11 is 0. The minimum Gasteiger partial charge on any atom is -0.313 e. The van der Waals surface area contributed by atoms with Gasteiger partial charge in [0.1, 0.15) is 5.82 Å². The van der Waals surface area contributed by atoms with Crippen LogP contribution in [0.4, 0.5) is 0 Å². The molecule has 0 unspecified atom stereocenters. The van der Waals surface area contributed by atoms with Crippen molar-refractivity contribution in [2.75, 3.05) is 0 Å². The highest BCUT2D eigenvalue weighted by molar-refractivity contribution is 5.77. The van der Waals surface area contributed by atoms with Crippen molar-refractivity contribution in [3.8, 4) is 5.95 Å². The van der Waals surface area contributed by atoms with Crippen molar-refractivity contribution in [3.05, 3.63) is 42.5 Å². The molecule has 0 aliphatic carbocycles. The smallest absolute Gasteiger partial charge is 0.216 e. The molecular weight excluding hydrogens is 200 g/mol. The molecule has 1 aromatic carbocycles. The number of nitrogens with zero attached hydrogens (tertiary/aromatic N) is 4. The second kappa shape index (κ2) is 3.20. The minimum atomic E-state index is 0.899. The van der Waals surface area contributed by atoms with Crippen molar-refractivity contribution in [3.63, 3.8) is 0 Å². The highest BCUT2D eigenvalue weighted by Crippen LogP contribution is 2.17. The summed E-state index contributed by atoms with van der Waals surface area (Å²) < 4.78 is 4.06. The van der Waals surface area contributed by atoms with Gasteiger partial charge in [-0.25, -0.2) is 9.97 Å². The van der Waals surface area contributed by atoms with Gasteiger partial charge >= 0.3 is 0 Å². The summed E-state index contributed by atoms with van der Waals surface area (Å²) in [5, 5.41) is 0. The number of para-hydroxylation sites is 2. The Balaban J connectivity index is 2.33. The van der Waals surface area contributed by atoms with Gasteiger partial charge in [0, 0.05) is 19.4 Å². The number of aromatic nitrogens is 4. The maximum atomic E-state index is 4.60. The van der Waals surface area contributed by atoms with Crippen molar-refractivity contribution < 1.29 is 0 Å². The molecule has 0 atom stereocenters. The second-order valence-electron chi connectivity index (χ2n) is 3.80. The van der Waals surface area contributed by atoms with E-state index in [2.05, 4.69) is 20.6 Å². The van der Waals surface area contributed by atoms with Crippen LogP contribution in [0.5, 0.6) is 0 Å². The Kier molecular flexibility index (Phi) is 1.83. The second-order valence-corrected chi connectivity index (χ2v) is 3.80. The standard InChI is InChI=1S/C12H12N4/c1-9-13-7-8-16(9)12-14-10-5-3-4-6-11(10)15(12)2/h3-8H,1-2H3. The van der Waals surface area contributed by atoms with Crippen LogP contribution in [-0.2, 0) is 7.05 Å². The molecular formula is C12H12N4. The Bertz CT molecular complexity index is 648. The lowest BCUT2D eigenvalue weighted by molar-refractivity contribution is 0.814. The summed E-state index contributed by atoms with van der Waals surface area (Å²) in [4.78, 5) is 8.82. The fourth-order valence-electron chi connectivity index (χ4n) is 1.94. The number of rotatable bonds is 1. The lowest BCUT2D eigenvalue weighted by Gasteiger charge is -2.04. The lowest BCUT2D eigenvalue weighted by atomic mass is 10.3. The summed E-state index contributed by atoms with van der Waals surface area (Å²) in [7, 11) is 2.02. The van der Waals surface area contributed by atoms with Crippen LogP contribution in [-0.4, -0.2) is 19.1 Å². The first-order valence-corrected chi connectivity index (χ1v) is 5.19. The van der Waals surface area contributed by atoms with Crippen molar-refractivity contribution in [1.82, 2.24) is 19.1 Å². The van der Waals surface area contributed by atoms with Crippen LogP contribution in [0.25, 0.3) is 17.0 Å². The van der Waals surface area contributed by atoms with Crippen LogP contribution >= 0.6 is 0 Å². The quantitative estimate of drug-likeness (QED) is 0.619. The molecule has 2 heterocycles. The predicted octanol–water partition coefficient (Wildman–Crippen LogP) is 2.07. The van der Waals surface area contributed by atoms with E-state index in [0.717, 1.165) is 22.8 Å². The zero-order chi connectivity index (χ0) is 11.1. The van der Waals surface area contributed by atoms with Gasteiger partial charge in [0.05, 0.1) is 11.0 Å². The van der Waals surface area contributed by atoms with Gasteiger partial charge in [0.15, 0.2) is 0 Å². The van der Waals surface area contributed by atoms with Gasteiger partial charge in [-0.1, -0.05) is 12.1 Å². The molecule has 4 nitrogen and oxygen atoms in total. The summed E-state index contributed by atoms with van der Waals surface area (Å²) in [5.41, 5.74) is 2.14. The molecule has 0 fully saturated rings. The number of hydrogen-bond donors (Lipinski definition) is 0. The zero-order valence-electron chi connectivity index (χ0n) is 9.25. The first-order valence-electron chi connectivity index (χ1n) is 5.19. The Morgan fingerprint density at radius 3 is 2.69 bits per heavy atom. The maximum Gasteiger partial charge on any atom is 0.216 e. The molecule has 0 aliphatic rings. The van der Waals surface area contributed by atoms with Crippen LogP contribution < -0.4 is 0 Å². The number of hydrogen-bond acceptors (Lipinski definition) is 2. The third kappa shape index (κ3) is 1.16. The van der Waals surface area contributed by atoms with E-state index >= 15 is 0 Å². The summed E-state index contributed by atoms with van der Waals surface area (Å²) in [6, 6.07) is 8.11. The molecule has 80 valence electrons. The van der Waals surface area contributed by atoms with Crippen LogP contribution in [0.3, 0.4) is 0 Å². The topological polar surface area (TPSA) is 35.6 Å². The fraction of sp³-hybridized carbons (Fsp3) is 0.167. The monoisotopic (exact) mass is 212 g/mol. The third-order valence-corrected chi connectivity index (χ3v) is 2.80. The minimum absolute atomic E-state index is 0.899. The molecule has 0 bridgehead atoms. The molecule has 0 saturated heterocycles. The average molecular weight is 212 g/mol. The van der Waals surface area contributed by atoms with Crippen LogP contribution in [0.15, 0.2) is 36.7 Å². The molecule has 0 spiro atoms. The van der Waals surface area contributed by atoms with Gasteiger partial charge in [0.2, 0.25) is 5.95 Å². The summed E-state index contributed by atoms with van der Waals surface area (Å²) in [6.07, 6.45) is 3.71. The predicted molar refractivity (Wildman–Crippen MR) is 62.6 cm³/mol. The fourth-order valence-corrected chi connectivity index (χ4v) is 1.94. The van der Waals surface area contributed by atoms with Gasteiger partial charge in [0.25, 0.3) is 0 Å². The highest BCUT2D eigenvalue weighted by Gasteiger charge is 2.09. The molecule has 0 aliphatic heterocycles. The Hall–Kier alpha value is -2.10. The average Bonchev–Trinajstić information content (AvgIpc) is 2.84. The number of imidazole rings is 2. The van der Waals surface area contributed by atoms with Gasteiger partial charge in [-0.15, -0.1) is 0 Å². The van der Waals surface area contributed by atoms with E-state index in [-0.39, 0.29) is 0 Å². The van der Waals surface area contributed by atoms with E-state index in [1.54, 1.807) is 6.20 Å². The Morgan fingerprint density at radius 2 is 2.00 bits per heavy atom. The molecule has 3 rings (SSSR count). The Labute approximate surface area is 93.2 Å². The maximum absolute atomic E-state index is 4.60. The summed E-state index contributed by atoms with van der Waals surface area (Å²) in [6.45, 7) is 1.97. The van der Waals surface area contributed by atoms with E-state index in [9.17, 15) is 0 Å². The lowest BCUT2D eigenvalue weighted by Crippen LogP contribution is -2.03. The van der Waals surface area contributed by atoms with Crippen molar-refractivity contribution >= 4 is 11.0 Å². The van der Waals surface area contributed by atoms with Gasteiger partial charge in [-0.3, -0.25) is 4.57 Å². The van der Waals surface area contributed by atoms with E-state index in [1.807, 2.05) is 42.9 Å². The van der Waals surface area contributed by atoms with E-state index in [1.165, 1.54) is 0 Å². The van der Waals surface area contributed by atoms with E-state index in [4.69, 9.17) is 0 Å². The third-order valence-electron chi connectivity index (χ3n) is 2.80. The van der Waals surface area contributed by atoms with Crippen molar-refractivity contribution in [2.24, 2.45) is 7.05 Å². The molecule has 0 amide bonds. The Morgan fingerprint density at radius 1 is 1.19 bits per heavy atom. The molecule has 0 radical (unpaired) electrons. The van der Waals surface area contributed by atoms with Crippen molar-refractivity contribution in [2.45, 2.75) is 6.92 Å². The number of fused-ring (bicyclic) bond motifs is 1. The van der Waals surface area contributed by atoms with E-state index < -0.39 is 0 Å².